The summed E-state index contributed by atoms with van der Waals surface area (Å²) in [7, 11) is 0. The minimum atomic E-state index is -0.124. The lowest BCUT2D eigenvalue weighted by Gasteiger charge is -2.26. The van der Waals surface area contributed by atoms with E-state index in [0.717, 1.165) is 0 Å². The molecule has 1 fully saturated rings. The van der Waals surface area contributed by atoms with Crippen molar-refractivity contribution in [2.75, 3.05) is 26.3 Å². The highest BCUT2D eigenvalue weighted by atomic mass is 16.5. The number of phenols is 1. The van der Waals surface area contributed by atoms with Crippen LogP contribution in [0.25, 0.3) is 10.9 Å². The topological polar surface area (TPSA) is 82.6 Å². The molecule has 1 saturated heterocycles. The number of benzene rings is 1. The highest BCUT2D eigenvalue weighted by molar-refractivity contribution is 6.04. The molecule has 0 aliphatic carbocycles. The van der Waals surface area contributed by atoms with E-state index in [1.165, 1.54) is 6.07 Å². The fourth-order valence-corrected chi connectivity index (χ4v) is 2.39. The first-order valence-electron chi connectivity index (χ1n) is 6.37. The van der Waals surface area contributed by atoms with Gasteiger partial charge in [-0.15, -0.1) is 0 Å². The maximum Gasteiger partial charge on any atom is 0.270 e. The highest BCUT2D eigenvalue weighted by Gasteiger charge is 2.21. The third-order valence-corrected chi connectivity index (χ3v) is 3.47. The van der Waals surface area contributed by atoms with Gasteiger partial charge in [0.2, 0.25) is 0 Å². The number of fused-ring (bicyclic) bond motifs is 1. The number of carbonyl (C=O) groups excluding carboxylic acids is 2. The van der Waals surface area contributed by atoms with Gasteiger partial charge in [0, 0.05) is 24.0 Å². The normalized spacial score (nSPS) is 15.5. The predicted octanol–water partition coefficient (Wildman–Crippen LogP) is 1.16. The van der Waals surface area contributed by atoms with E-state index in [0.29, 0.717) is 49.2 Å². The van der Waals surface area contributed by atoms with Crippen LogP contribution >= 0.6 is 0 Å². The number of morpholine rings is 1. The third-order valence-electron chi connectivity index (χ3n) is 3.47. The van der Waals surface area contributed by atoms with E-state index in [4.69, 9.17) is 4.74 Å². The molecule has 2 heterocycles. The molecule has 0 radical (unpaired) electrons. The summed E-state index contributed by atoms with van der Waals surface area (Å²) in [5, 5.41) is 10.2. The molecule has 3 rings (SSSR count). The van der Waals surface area contributed by atoms with Crippen molar-refractivity contribution in [1.82, 2.24) is 9.88 Å². The van der Waals surface area contributed by atoms with Crippen LogP contribution in [0.4, 0.5) is 0 Å². The van der Waals surface area contributed by atoms with Crippen molar-refractivity contribution in [1.29, 1.82) is 0 Å². The van der Waals surface area contributed by atoms with Crippen LogP contribution < -0.4 is 0 Å². The molecule has 6 heteroatoms. The fraction of sp³-hybridized carbons (Fsp3) is 0.286. The Morgan fingerprint density at radius 2 is 2.10 bits per heavy atom. The Morgan fingerprint density at radius 3 is 2.80 bits per heavy atom. The van der Waals surface area contributed by atoms with Crippen LogP contribution in [-0.4, -0.2) is 53.5 Å². The van der Waals surface area contributed by atoms with Crippen molar-refractivity contribution >= 4 is 23.1 Å². The zero-order valence-electron chi connectivity index (χ0n) is 10.8. The maximum absolute atomic E-state index is 12.3. The molecule has 2 N–H and O–H groups in total. The van der Waals surface area contributed by atoms with E-state index in [9.17, 15) is 14.7 Å². The Hall–Kier alpha value is -2.34. The van der Waals surface area contributed by atoms with Crippen molar-refractivity contribution < 1.29 is 19.4 Å². The smallest absolute Gasteiger partial charge is 0.270 e. The molecule has 1 aliphatic rings. The molecule has 104 valence electrons. The molecule has 0 spiro atoms. The lowest BCUT2D eigenvalue weighted by Crippen LogP contribution is -2.40. The largest absolute Gasteiger partial charge is 0.507 e. The first-order valence-corrected chi connectivity index (χ1v) is 6.37. The minimum absolute atomic E-state index is 0.0862. The minimum Gasteiger partial charge on any atom is -0.507 e. The number of nitrogens with zero attached hydrogens (tertiary/aromatic N) is 1. The molecule has 1 aromatic heterocycles. The number of hydrogen-bond donors (Lipinski definition) is 2. The molecular weight excluding hydrogens is 260 g/mol. The number of phenolic OH excluding ortho intramolecular Hbond substituents is 1. The van der Waals surface area contributed by atoms with Crippen LogP contribution in [0.3, 0.4) is 0 Å². The molecule has 0 atom stereocenters. The summed E-state index contributed by atoms with van der Waals surface area (Å²) in [4.78, 5) is 28.1. The summed E-state index contributed by atoms with van der Waals surface area (Å²) < 4.78 is 5.21. The van der Waals surface area contributed by atoms with Crippen LogP contribution in [0, 0.1) is 0 Å². The van der Waals surface area contributed by atoms with Crippen LogP contribution in [0.5, 0.6) is 5.75 Å². The van der Waals surface area contributed by atoms with Gasteiger partial charge >= 0.3 is 0 Å². The van der Waals surface area contributed by atoms with Gasteiger partial charge in [0.05, 0.1) is 18.8 Å². The first-order chi connectivity index (χ1) is 9.70. The second-order valence-electron chi connectivity index (χ2n) is 4.67. The lowest BCUT2D eigenvalue weighted by molar-refractivity contribution is 0.0299. The number of aromatic hydroxyl groups is 1. The fourth-order valence-electron chi connectivity index (χ4n) is 2.39. The first kappa shape index (κ1) is 12.7. The van der Waals surface area contributed by atoms with Crippen molar-refractivity contribution in [3.05, 3.63) is 29.5 Å². The quantitative estimate of drug-likeness (QED) is 0.805. The summed E-state index contributed by atoms with van der Waals surface area (Å²) in [5.74, 6) is -0.210. The summed E-state index contributed by atoms with van der Waals surface area (Å²) in [5.41, 5.74) is 1.26. The van der Waals surface area contributed by atoms with Crippen molar-refractivity contribution in [3.63, 3.8) is 0 Å². The Bertz CT molecular complexity index is 671. The highest BCUT2D eigenvalue weighted by Crippen LogP contribution is 2.26. The second-order valence-corrected chi connectivity index (χ2v) is 4.67. The van der Waals surface area contributed by atoms with Crippen LogP contribution in [0.1, 0.15) is 20.8 Å². The van der Waals surface area contributed by atoms with Crippen molar-refractivity contribution in [2.45, 2.75) is 0 Å². The van der Waals surface area contributed by atoms with Crippen molar-refractivity contribution in [3.8, 4) is 5.75 Å². The van der Waals surface area contributed by atoms with Crippen LogP contribution in [-0.2, 0) is 4.74 Å². The summed E-state index contributed by atoms with van der Waals surface area (Å²) >= 11 is 0. The number of aromatic nitrogens is 1. The number of aldehydes is 1. The van der Waals surface area contributed by atoms with E-state index in [-0.39, 0.29) is 17.2 Å². The van der Waals surface area contributed by atoms with Gasteiger partial charge in [0.25, 0.3) is 5.91 Å². The number of ether oxygens (including phenoxy) is 1. The number of hydrogen-bond acceptors (Lipinski definition) is 4. The lowest BCUT2D eigenvalue weighted by atomic mass is 10.1. The molecule has 1 aliphatic heterocycles. The summed E-state index contributed by atoms with van der Waals surface area (Å²) in [6.07, 6.45) is 0.592. The molecule has 2 aromatic rings. The van der Waals surface area contributed by atoms with Crippen LogP contribution in [0.15, 0.2) is 18.2 Å². The molecule has 0 saturated carbocycles. The number of aromatic amines is 1. The van der Waals surface area contributed by atoms with Gasteiger partial charge in [0.1, 0.15) is 11.4 Å². The molecule has 1 aromatic carbocycles. The van der Waals surface area contributed by atoms with E-state index in [1.807, 2.05) is 0 Å². The molecule has 0 bridgehead atoms. The molecule has 0 unspecified atom stereocenters. The Labute approximate surface area is 114 Å². The predicted molar refractivity (Wildman–Crippen MR) is 72.1 cm³/mol. The van der Waals surface area contributed by atoms with Gasteiger partial charge < -0.3 is 19.7 Å². The van der Waals surface area contributed by atoms with Crippen molar-refractivity contribution in [2.24, 2.45) is 0 Å². The molecule has 1 amide bonds. The van der Waals surface area contributed by atoms with E-state index >= 15 is 0 Å². The standard InChI is InChI=1S/C14H14N2O4/c17-8-10-9-7-12(15-11(9)1-2-13(10)18)14(19)16-3-5-20-6-4-16/h1-2,7-8,15,18H,3-6H2. The molecule has 6 nitrogen and oxygen atoms in total. The third kappa shape index (κ3) is 2.04. The zero-order chi connectivity index (χ0) is 14.1. The maximum atomic E-state index is 12.3. The van der Waals surface area contributed by atoms with Gasteiger partial charge in [-0.05, 0) is 18.2 Å². The Balaban J connectivity index is 2.00. The second kappa shape index (κ2) is 4.97. The Morgan fingerprint density at radius 1 is 1.35 bits per heavy atom. The number of amides is 1. The van der Waals surface area contributed by atoms with Gasteiger partial charge in [-0.25, -0.2) is 0 Å². The number of H-pyrrole nitrogens is 1. The molecule has 20 heavy (non-hydrogen) atoms. The number of rotatable bonds is 2. The SMILES string of the molecule is O=Cc1c(O)ccc2[nH]c(C(=O)N3CCOCC3)cc12. The van der Waals surface area contributed by atoms with Gasteiger partial charge in [-0.2, -0.15) is 0 Å². The van der Waals surface area contributed by atoms with E-state index < -0.39 is 0 Å². The average Bonchev–Trinajstić information content (AvgIpc) is 2.91. The summed E-state index contributed by atoms with van der Waals surface area (Å²) in [6, 6.07) is 4.69. The van der Waals surface area contributed by atoms with E-state index in [2.05, 4.69) is 4.98 Å². The summed E-state index contributed by atoms with van der Waals surface area (Å²) in [6.45, 7) is 2.18. The number of nitrogens with one attached hydrogen (secondary N) is 1. The average molecular weight is 274 g/mol. The van der Waals surface area contributed by atoms with Gasteiger partial charge in [-0.1, -0.05) is 0 Å². The van der Waals surface area contributed by atoms with Crippen LogP contribution in [0.2, 0.25) is 0 Å². The zero-order valence-corrected chi connectivity index (χ0v) is 10.8. The monoisotopic (exact) mass is 274 g/mol. The molecular formula is C14H14N2O4. The van der Waals surface area contributed by atoms with Gasteiger partial charge in [0.15, 0.2) is 6.29 Å². The van der Waals surface area contributed by atoms with E-state index in [1.54, 1.807) is 17.0 Å². The van der Waals surface area contributed by atoms with Gasteiger partial charge in [-0.3, -0.25) is 9.59 Å². The number of carbonyl (C=O) groups is 2. The Kier molecular flexibility index (Phi) is 3.15.